The lowest BCUT2D eigenvalue weighted by molar-refractivity contribution is -0.141. The molecule has 0 bridgehead atoms. The maximum atomic E-state index is 11.4. The lowest BCUT2D eigenvalue weighted by Crippen LogP contribution is -2.21. The van der Waals surface area contributed by atoms with Gasteiger partial charge in [0.1, 0.15) is 0 Å². The molecule has 0 aromatic heterocycles. The van der Waals surface area contributed by atoms with E-state index in [1.165, 1.54) is 0 Å². The van der Waals surface area contributed by atoms with Crippen LogP contribution in [0.25, 0.3) is 0 Å². The van der Waals surface area contributed by atoms with Crippen LogP contribution in [0, 0.1) is 5.92 Å². The Balaban J connectivity index is 2.56. The van der Waals surface area contributed by atoms with E-state index in [1.54, 1.807) is 0 Å². The molecule has 7 heteroatoms. The Morgan fingerprint density at radius 2 is 1.77 bits per heavy atom. The largest absolute Gasteiger partial charge is 0.481 e. The van der Waals surface area contributed by atoms with Gasteiger partial charge in [0.15, 0.2) is 0 Å². The van der Waals surface area contributed by atoms with Crippen LogP contribution in [0.5, 0.6) is 0 Å². The van der Waals surface area contributed by atoms with Crippen molar-refractivity contribution in [1.82, 2.24) is 0 Å². The van der Waals surface area contributed by atoms with Crippen LogP contribution in [0.1, 0.15) is 24.8 Å². The summed E-state index contributed by atoms with van der Waals surface area (Å²) in [4.78, 5) is 32.1. The molecule has 0 amide bonds. The average molecular weight is 344 g/mol. The molecular formula is C15H21O5PS. The number of carboxylic acids is 2. The molecule has 2 unspecified atom stereocenters. The van der Waals surface area contributed by atoms with Gasteiger partial charge in [-0.1, -0.05) is 42.1 Å². The van der Waals surface area contributed by atoms with Crippen LogP contribution >= 0.6 is 6.26 Å². The monoisotopic (exact) mass is 344 g/mol. The molecule has 0 aliphatic rings. The fraction of sp³-hybridized carbons (Fsp3) is 0.467. The first-order valence-corrected chi connectivity index (χ1v) is 10.2. The van der Waals surface area contributed by atoms with Gasteiger partial charge in [-0.25, -0.2) is 0 Å². The number of benzene rings is 1. The Kier molecular flexibility index (Phi) is 7.73. The van der Waals surface area contributed by atoms with Crippen molar-refractivity contribution in [3.63, 3.8) is 0 Å². The summed E-state index contributed by atoms with van der Waals surface area (Å²) in [7, 11) is 0. The van der Waals surface area contributed by atoms with E-state index in [-0.39, 0.29) is 12.6 Å². The maximum absolute atomic E-state index is 11.4. The highest BCUT2D eigenvalue weighted by atomic mass is 32.4. The normalized spacial score (nSPS) is 15.0. The molecule has 0 fully saturated rings. The highest BCUT2D eigenvalue weighted by molar-refractivity contribution is 8.11. The van der Waals surface area contributed by atoms with Crippen molar-refractivity contribution in [3.8, 4) is 0 Å². The molecule has 0 heterocycles. The van der Waals surface area contributed by atoms with E-state index in [2.05, 4.69) is 0 Å². The molecular weight excluding hydrogens is 323 g/mol. The van der Waals surface area contributed by atoms with Crippen molar-refractivity contribution in [2.24, 2.45) is 5.92 Å². The van der Waals surface area contributed by atoms with Crippen molar-refractivity contribution in [3.05, 3.63) is 35.9 Å². The minimum atomic E-state index is -2.74. The molecule has 1 aromatic carbocycles. The molecule has 0 aliphatic carbocycles. The van der Waals surface area contributed by atoms with Crippen LogP contribution < -0.4 is 0 Å². The lowest BCUT2D eigenvalue weighted by atomic mass is 10.0. The second-order valence-electron chi connectivity index (χ2n) is 5.33. The van der Waals surface area contributed by atoms with Crippen molar-refractivity contribution in [2.45, 2.75) is 25.7 Å². The standard InChI is InChI=1S/C15H21O5PS/c16-14(17)8-4-5-9-21(20,22)11-13(15(18)19)10-12-6-2-1-3-7-12/h1-3,6-7,13H,4-5,8-11H2,(H,16,17)(H,18,19)(H,20,22). The summed E-state index contributed by atoms with van der Waals surface area (Å²) in [5.41, 5.74) is 0.899. The molecule has 22 heavy (non-hydrogen) atoms. The molecule has 122 valence electrons. The molecule has 0 saturated heterocycles. The smallest absolute Gasteiger partial charge is 0.307 e. The molecule has 0 aliphatic heterocycles. The fourth-order valence-corrected chi connectivity index (χ4v) is 5.00. The van der Waals surface area contributed by atoms with Crippen LogP contribution in [-0.4, -0.2) is 39.4 Å². The van der Waals surface area contributed by atoms with Crippen LogP contribution in [-0.2, 0) is 27.8 Å². The van der Waals surface area contributed by atoms with Crippen LogP contribution in [0.4, 0.5) is 0 Å². The van der Waals surface area contributed by atoms with Gasteiger partial charge in [-0.15, -0.1) is 0 Å². The molecule has 0 spiro atoms. The number of hydrogen-bond donors (Lipinski definition) is 3. The second-order valence-corrected chi connectivity index (χ2v) is 9.87. The van der Waals surface area contributed by atoms with Gasteiger partial charge in [0.2, 0.25) is 0 Å². The van der Waals surface area contributed by atoms with E-state index in [0.29, 0.717) is 25.4 Å². The summed E-state index contributed by atoms with van der Waals surface area (Å²) in [5, 5.41) is 17.9. The van der Waals surface area contributed by atoms with Gasteiger partial charge in [-0.2, -0.15) is 0 Å². The summed E-state index contributed by atoms with van der Waals surface area (Å²) in [6.45, 7) is 0. The first-order valence-electron chi connectivity index (χ1n) is 7.09. The van der Waals surface area contributed by atoms with E-state index in [1.807, 2.05) is 30.3 Å². The zero-order chi connectivity index (χ0) is 16.6. The number of unbranched alkanes of at least 4 members (excludes halogenated alkanes) is 1. The third kappa shape index (κ3) is 7.69. The van der Waals surface area contributed by atoms with Crippen molar-refractivity contribution >= 4 is 30.0 Å². The fourth-order valence-electron chi connectivity index (χ4n) is 2.20. The highest BCUT2D eigenvalue weighted by Gasteiger charge is 2.25. The Labute approximate surface area is 135 Å². The summed E-state index contributed by atoms with van der Waals surface area (Å²) in [5.74, 6) is -2.55. The quantitative estimate of drug-likeness (QED) is 0.446. The Hall–Kier alpha value is -1.23. The van der Waals surface area contributed by atoms with Gasteiger partial charge in [0.25, 0.3) is 0 Å². The first kappa shape index (κ1) is 18.8. The lowest BCUT2D eigenvalue weighted by Gasteiger charge is -2.20. The van der Waals surface area contributed by atoms with E-state index >= 15 is 0 Å². The van der Waals surface area contributed by atoms with Gasteiger partial charge in [-0.05, 0) is 31.0 Å². The zero-order valence-electron chi connectivity index (χ0n) is 12.2. The van der Waals surface area contributed by atoms with Crippen molar-refractivity contribution in [2.75, 3.05) is 12.3 Å². The van der Waals surface area contributed by atoms with E-state index in [0.717, 1.165) is 5.56 Å². The van der Waals surface area contributed by atoms with Crippen LogP contribution in [0.2, 0.25) is 0 Å². The average Bonchev–Trinajstić information content (AvgIpc) is 2.43. The topological polar surface area (TPSA) is 94.8 Å². The van der Waals surface area contributed by atoms with Gasteiger partial charge in [0, 0.05) is 12.6 Å². The summed E-state index contributed by atoms with van der Waals surface area (Å²) >= 11 is 5.19. The van der Waals surface area contributed by atoms with Gasteiger partial charge >= 0.3 is 11.9 Å². The molecule has 1 aromatic rings. The third-order valence-corrected chi connectivity index (χ3v) is 6.35. The number of aliphatic carboxylic acids is 2. The summed E-state index contributed by atoms with van der Waals surface area (Å²) in [6.07, 6.45) is -0.988. The SMILES string of the molecule is O=C(O)CCCCP(O)(=S)CC(Cc1ccccc1)C(=O)O. The van der Waals surface area contributed by atoms with Crippen molar-refractivity contribution in [1.29, 1.82) is 0 Å². The highest BCUT2D eigenvalue weighted by Crippen LogP contribution is 2.44. The molecule has 0 radical (unpaired) electrons. The van der Waals surface area contributed by atoms with E-state index in [4.69, 9.17) is 16.9 Å². The van der Waals surface area contributed by atoms with Crippen molar-refractivity contribution < 1.29 is 24.7 Å². The molecule has 2 atom stereocenters. The number of carbonyl (C=O) groups is 2. The summed E-state index contributed by atoms with van der Waals surface area (Å²) < 4.78 is 0. The Bertz CT molecular complexity index is 546. The maximum Gasteiger partial charge on any atom is 0.307 e. The first-order chi connectivity index (χ1) is 10.3. The zero-order valence-corrected chi connectivity index (χ0v) is 13.9. The van der Waals surface area contributed by atoms with Crippen LogP contribution in [0.3, 0.4) is 0 Å². The molecule has 0 saturated carbocycles. The number of carboxylic acid groups (broad SMARTS) is 2. The van der Waals surface area contributed by atoms with E-state index < -0.39 is 24.1 Å². The second kappa shape index (κ2) is 9.03. The van der Waals surface area contributed by atoms with E-state index in [9.17, 15) is 19.6 Å². The van der Waals surface area contributed by atoms with Gasteiger partial charge in [0.05, 0.1) is 12.2 Å². The Morgan fingerprint density at radius 1 is 1.14 bits per heavy atom. The summed E-state index contributed by atoms with van der Waals surface area (Å²) in [6, 6.07) is 9.25. The molecule has 5 nitrogen and oxygen atoms in total. The molecule has 1 rings (SSSR count). The molecule has 3 N–H and O–H groups in total. The minimum Gasteiger partial charge on any atom is -0.481 e. The number of rotatable bonds is 10. The predicted molar refractivity (Wildman–Crippen MR) is 89.0 cm³/mol. The minimum absolute atomic E-state index is 0.0434. The van der Waals surface area contributed by atoms with Gasteiger partial charge < -0.3 is 15.1 Å². The van der Waals surface area contributed by atoms with Gasteiger partial charge in [-0.3, -0.25) is 9.59 Å². The third-order valence-electron chi connectivity index (χ3n) is 3.33. The predicted octanol–water partition coefficient (Wildman–Crippen LogP) is 2.57. The Morgan fingerprint density at radius 3 is 2.32 bits per heavy atom. The van der Waals surface area contributed by atoms with Crippen LogP contribution in [0.15, 0.2) is 30.3 Å². The number of hydrogen-bond acceptors (Lipinski definition) is 3.